The maximum atomic E-state index is 10.2. The SMILES string of the molecule is OC(Cc1ccc(Br)cc1)CC1CCCCCC1. The van der Waals surface area contributed by atoms with Crippen molar-refractivity contribution in [1.82, 2.24) is 0 Å². The highest BCUT2D eigenvalue weighted by atomic mass is 79.9. The standard InChI is InChI=1S/C16H23BrO/c17-15-9-7-14(8-10-15)12-16(18)11-13-5-3-1-2-4-6-13/h7-10,13,16,18H,1-6,11-12H2. The Hall–Kier alpha value is -0.340. The van der Waals surface area contributed by atoms with E-state index >= 15 is 0 Å². The molecule has 0 aliphatic heterocycles. The van der Waals surface area contributed by atoms with Crippen LogP contribution in [0, 0.1) is 5.92 Å². The Bertz CT molecular complexity index is 339. The third kappa shape index (κ3) is 4.74. The number of hydrogen-bond acceptors (Lipinski definition) is 1. The lowest BCUT2D eigenvalue weighted by atomic mass is 9.91. The minimum atomic E-state index is -0.172. The van der Waals surface area contributed by atoms with Gasteiger partial charge in [0.1, 0.15) is 0 Å². The average Bonchev–Trinajstić information content (AvgIpc) is 2.61. The van der Waals surface area contributed by atoms with Crippen molar-refractivity contribution in [3.05, 3.63) is 34.3 Å². The zero-order valence-corrected chi connectivity index (χ0v) is 12.5. The predicted molar refractivity (Wildman–Crippen MR) is 79.7 cm³/mol. The van der Waals surface area contributed by atoms with Crippen molar-refractivity contribution in [2.75, 3.05) is 0 Å². The number of aliphatic hydroxyl groups is 1. The third-order valence-corrected chi connectivity index (χ3v) is 4.49. The van der Waals surface area contributed by atoms with Gasteiger partial charge in [0.2, 0.25) is 0 Å². The minimum Gasteiger partial charge on any atom is -0.393 e. The van der Waals surface area contributed by atoms with Gasteiger partial charge < -0.3 is 5.11 Å². The van der Waals surface area contributed by atoms with Crippen molar-refractivity contribution in [1.29, 1.82) is 0 Å². The maximum Gasteiger partial charge on any atom is 0.0583 e. The van der Waals surface area contributed by atoms with Crippen LogP contribution < -0.4 is 0 Å². The Kier molecular flexibility index (Phi) is 5.71. The molecule has 1 fully saturated rings. The van der Waals surface area contributed by atoms with Gasteiger partial charge in [0.05, 0.1) is 6.10 Å². The zero-order chi connectivity index (χ0) is 12.8. The highest BCUT2D eigenvalue weighted by molar-refractivity contribution is 9.10. The van der Waals surface area contributed by atoms with Crippen molar-refractivity contribution in [2.24, 2.45) is 5.92 Å². The Morgan fingerprint density at radius 1 is 1.06 bits per heavy atom. The fraction of sp³-hybridized carbons (Fsp3) is 0.625. The summed E-state index contributed by atoms with van der Waals surface area (Å²) < 4.78 is 1.10. The molecule has 1 N–H and O–H groups in total. The van der Waals surface area contributed by atoms with E-state index in [9.17, 15) is 5.11 Å². The molecule has 1 aromatic rings. The van der Waals surface area contributed by atoms with Gasteiger partial charge in [-0.1, -0.05) is 66.6 Å². The van der Waals surface area contributed by atoms with Gasteiger partial charge in [-0.05, 0) is 36.5 Å². The van der Waals surface area contributed by atoms with Gasteiger partial charge in [-0.15, -0.1) is 0 Å². The van der Waals surface area contributed by atoms with Crippen LogP contribution in [0.15, 0.2) is 28.7 Å². The van der Waals surface area contributed by atoms with E-state index in [1.807, 2.05) is 12.1 Å². The Morgan fingerprint density at radius 3 is 2.28 bits per heavy atom. The molecule has 100 valence electrons. The van der Waals surface area contributed by atoms with E-state index in [0.717, 1.165) is 23.2 Å². The fourth-order valence-corrected chi connectivity index (χ4v) is 3.22. The summed E-state index contributed by atoms with van der Waals surface area (Å²) in [5, 5.41) is 10.2. The minimum absolute atomic E-state index is 0.172. The van der Waals surface area contributed by atoms with Crippen LogP contribution in [0.3, 0.4) is 0 Å². The van der Waals surface area contributed by atoms with Gasteiger partial charge in [-0.25, -0.2) is 0 Å². The monoisotopic (exact) mass is 310 g/mol. The molecule has 0 saturated heterocycles. The van der Waals surface area contributed by atoms with Crippen LogP contribution in [0.5, 0.6) is 0 Å². The Morgan fingerprint density at radius 2 is 1.67 bits per heavy atom. The van der Waals surface area contributed by atoms with Crippen LogP contribution in [0.25, 0.3) is 0 Å². The molecule has 1 aromatic carbocycles. The van der Waals surface area contributed by atoms with Crippen molar-refractivity contribution in [3.63, 3.8) is 0 Å². The van der Waals surface area contributed by atoms with Gasteiger partial charge in [-0.3, -0.25) is 0 Å². The quantitative estimate of drug-likeness (QED) is 0.798. The molecule has 0 amide bonds. The van der Waals surface area contributed by atoms with E-state index in [4.69, 9.17) is 0 Å². The number of hydrogen-bond donors (Lipinski definition) is 1. The molecule has 0 spiro atoms. The summed E-state index contributed by atoms with van der Waals surface area (Å²) in [6.07, 6.45) is 9.73. The second-order valence-corrected chi connectivity index (χ2v) is 6.49. The van der Waals surface area contributed by atoms with Crippen LogP contribution in [-0.4, -0.2) is 11.2 Å². The number of rotatable bonds is 4. The first kappa shape index (κ1) is 14.1. The predicted octanol–water partition coefficient (Wildman–Crippen LogP) is 4.71. The lowest BCUT2D eigenvalue weighted by molar-refractivity contribution is 0.137. The van der Waals surface area contributed by atoms with Crippen molar-refractivity contribution in [3.8, 4) is 0 Å². The summed E-state index contributed by atoms with van der Waals surface area (Å²) in [5.41, 5.74) is 1.24. The van der Waals surface area contributed by atoms with Gasteiger partial charge in [0.25, 0.3) is 0 Å². The lowest BCUT2D eigenvalue weighted by Gasteiger charge is -2.18. The van der Waals surface area contributed by atoms with Crippen molar-refractivity contribution >= 4 is 15.9 Å². The normalized spacial score (nSPS) is 19.4. The van der Waals surface area contributed by atoms with Gasteiger partial charge >= 0.3 is 0 Å². The molecule has 2 rings (SSSR count). The van der Waals surface area contributed by atoms with Gasteiger partial charge in [-0.2, -0.15) is 0 Å². The van der Waals surface area contributed by atoms with E-state index in [2.05, 4.69) is 28.1 Å². The molecule has 18 heavy (non-hydrogen) atoms. The molecule has 1 nitrogen and oxygen atoms in total. The maximum absolute atomic E-state index is 10.2. The third-order valence-electron chi connectivity index (χ3n) is 3.96. The molecular formula is C16H23BrO. The first-order valence-electron chi connectivity index (χ1n) is 7.16. The van der Waals surface area contributed by atoms with Crippen molar-refractivity contribution in [2.45, 2.75) is 57.5 Å². The summed E-state index contributed by atoms with van der Waals surface area (Å²) in [6, 6.07) is 8.29. The fourth-order valence-electron chi connectivity index (χ4n) is 2.96. The average molecular weight is 311 g/mol. The van der Waals surface area contributed by atoms with E-state index in [1.54, 1.807) is 0 Å². The Balaban J connectivity index is 1.80. The Labute approximate surface area is 119 Å². The van der Waals surface area contributed by atoms with Crippen LogP contribution >= 0.6 is 15.9 Å². The van der Waals surface area contributed by atoms with E-state index < -0.39 is 0 Å². The first-order chi connectivity index (χ1) is 8.74. The molecule has 1 unspecified atom stereocenters. The molecule has 0 heterocycles. The van der Waals surface area contributed by atoms with Gasteiger partial charge in [0, 0.05) is 4.47 Å². The largest absolute Gasteiger partial charge is 0.393 e. The first-order valence-corrected chi connectivity index (χ1v) is 7.96. The summed E-state index contributed by atoms with van der Waals surface area (Å²) in [6.45, 7) is 0. The number of benzene rings is 1. The molecule has 1 aliphatic carbocycles. The van der Waals surface area contributed by atoms with Crippen LogP contribution in [0.2, 0.25) is 0 Å². The van der Waals surface area contributed by atoms with E-state index in [0.29, 0.717) is 0 Å². The summed E-state index contributed by atoms with van der Waals surface area (Å²) >= 11 is 3.44. The van der Waals surface area contributed by atoms with Crippen LogP contribution in [0.4, 0.5) is 0 Å². The molecule has 1 aliphatic rings. The zero-order valence-electron chi connectivity index (χ0n) is 10.9. The molecule has 0 radical (unpaired) electrons. The van der Waals surface area contributed by atoms with Crippen LogP contribution in [0.1, 0.15) is 50.5 Å². The molecule has 1 saturated carbocycles. The number of halogens is 1. The topological polar surface area (TPSA) is 20.2 Å². The molecule has 1 atom stereocenters. The molecular weight excluding hydrogens is 288 g/mol. The van der Waals surface area contributed by atoms with Crippen molar-refractivity contribution < 1.29 is 5.11 Å². The summed E-state index contributed by atoms with van der Waals surface area (Å²) in [4.78, 5) is 0. The molecule has 0 aromatic heterocycles. The summed E-state index contributed by atoms with van der Waals surface area (Å²) in [7, 11) is 0. The van der Waals surface area contributed by atoms with Gasteiger partial charge in [0.15, 0.2) is 0 Å². The number of aliphatic hydroxyl groups excluding tert-OH is 1. The summed E-state index contributed by atoms with van der Waals surface area (Å²) in [5.74, 6) is 0.748. The lowest BCUT2D eigenvalue weighted by Crippen LogP contribution is -2.16. The highest BCUT2D eigenvalue weighted by Gasteiger charge is 2.16. The smallest absolute Gasteiger partial charge is 0.0583 e. The molecule has 0 bridgehead atoms. The second-order valence-electron chi connectivity index (χ2n) is 5.58. The molecule has 2 heteroatoms. The van der Waals surface area contributed by atoms with Crippen LogP contribution in [-0.2, 0) is 6.42 Å². The van der Waals surface area contributed by atoms with E-state index in [1.165, 1.54) is 44.1 Å². The second kappa shape index (κ2) is 7.30. The van der Waals surface area contributed by atoms with E-state index in [-0.39, 0.29) is 6.10 Å². The highest BCUT2D eigenvalue weighted by Crippen LogP contribution is 2.27.